The summed E-state index contributed by atoms with van der Waals surface area (Å²) < 4.78 is 14.2. The van der Waals surface area contributed by atoms with E-state index in [1.54, 1.807) is 0 Å². The van der Waals surface area contributed by atoms with Crippen LogP contribution in [0.2, 0.25) is 0 Å². The molecule has 0 aromatic heterocycles. The molecule has 266 valence electrons. The molecule has 9 aromatic carbocycles. The molecule has 0 saturated carbocycles. The molecular weight excluding hydrogens is 691 g/mol. The van der Waals surface area contributed by atoms with Crippen LogP contribution in [0.4, 0.5) is 0 Å². The molecule has 0 aliphatic carbocycles. The molecule has 0 spiro atoms. The molecule has 2 heterocycles. The van der Waals surface area contributed by atoms with Crippen LogP contribution in [0, 0.1) is 0 Å². The van der Waals surface area contributed by atoms with Crippen molar-refractivity contribution in [3.8, 4) is 89.8 Å². The molecule has 11 rings (SSSR count). The zero-order valence-electron chi connectivity index (χ0n) is 31.1. The van der Waals surface area contributed by atoms with Gasteiger partial charge in [0, 0.05) is 16.6 Å². The van der Waals surface area contributed by atoms with Gasteiger partial charge in [-0.2, -0.15) is 0 Å². The third-order valence-electron chi connectivity index (χ3n) is 11.4. The Hall–Kier alpha value is -7.36. The van der Waals surface area contributed by atoms with Crippen LogP contribution in [0.25, 0.3) is 66.8 Å². The van der Waals surface area contributed by atoms with Crippen molar-refractivity contribution in [1.29, 1.82) is 0 Å². The van der Waals surface area contributed by atoms with Crippen molar-refractivity contribution in [2.45, 2.75) is 0 Å². The second-order valence-corrected chi connectivity index (χ2v) is 14.8. The Morgan fingerprint density at radius 3 is 0.912 bits per heavy atom. The molecule has 0 unspecified atom stereocenters. The Kier molecular flexibility index (Phi) is 7.96. The molecule has 0 atom stereocenters. The fraction of sp³-hybridized carbons (Fsp3) is 0. The molecule has 2 aliphatic heterocycles. The molecule has 0 saturated heterocycles. The number of rotatable bonds is 6. The van der Waals surface area contributed by atoms with Gasteiger partial charge >= 0.3 is 0 Å². The normalized spacial score (nSPS) is 12.1. The SMILES string of the molecule is c1ccc(-c2cc(-c3ccccc3)cc(-c3cc(-c4cc(-c5ccccc5)cc(-c5ccccc5)c4)c4c5c3Oc3ccccc3B5c3ccccc3O4)c2)cc1. The topological polar surface area (TPSA) is 18.5 Å². The minimum Gasteiger partial charge on any atom is -0.458 e. The second kappa shape index (κ2) is 13.7. The summed E-state index contributed by atoms with van der Waals surface area (Å²) in [4.78, 5) is 0. The lowest BCUT2D eigenvalue weighted by Crippen LogP contribution is -2.57. The molecule has 9 aromatic rings. The van der Waals surface area contributed by atoms with Gasteiger partial charge in [0.1, 0.15) is 23.0 Å². The van der Waals surface area contributed by atoms with Crippen LogP contribution in [0.15, 0.2) is 212 Å². The molecular formula is C54H35BO2. The molecule has 0 bridgehead atoms. The van der Waals surface area contributed by atoms with E-state index in [4.69, 9.17) is 9.47 Å². The van der Waals surface area contributed by atoms with Crippen molar-refractivity contribution in [2.75, 3.05) is 0 Å². The zero-order chi connectivity index (χ0) is 37.7. The van der Waals surface area contributed by atoms with E-state index in [0.29, 0.717) is 0 Å². The lowest BCUT2D eigenvalue weighted by atomic mass is 9.34. The van der Waals surface area contributed by atoms with Crippen molar-refractivity contribution in [3.63, 3.8) is 0 Å². The number of ether oxygens (including phenoxy) is 2. The standard InChI is InChI=1S/C54H35BO2/c1-5-17-36(18-6-1)40-29-41(37-19-7-2-8-20-37)32-44(31-40)46-35-47(45-33-42(38-21-9-3-10-22-38)30-43(34-45)39-23-11-4-12-24-39)54-52-53(46)56-50-27-15-13-25-48(50)55(52)49-26-14-16-28-51(49)57-54/h1-35H. The van der Waals surface area contributed by atoms with E-state index in [2.05, 4.69) is 212 Å². The number of hydrogen-bond donors (Lipinski definition) is 0. The highest BCUT2D eigenvalue weighted by Crippen LogP contribution is 2.48. The van der Waals surface area contributed by atoms with E-state index in [1.165, 1.54) is 0 Å². The van der Waals surface area contributed by atoms with Gasteiger partial charge in [-0.05, 0) is 121 Å². The molecule has 3 heteroatoms. The van der Waals surface area contributed by atoms with Gasteiger partial charge in [0.2, 0.25) is 0 Å². The highest BCUT2D eigenvalue weighted by atomic mass is 16.5. The van der Waals surface area contributed by atoms with E-state index in [-0.39, 0.29) is 6.71 Å². The largest absolute Gasteiger partial charge is 0.458 e. The maximum Gasteiger partial charge on any atom is 0.260 e. The Morgan fingerprint density at radius 1 is 0.263 bits per heavy atom. The minimum absolute atomic E-state index is 0.0830. The van der Waals surface area contributed by atoms with Gasteiger partial charge in [-0.25, -0.2) is 0 Å². The molecule has 57 heavy (non-hydrogen) atoms. The van der Waals surface area contributed by atoms with Crippen LogP contribution in [-0.4, -0.2) is 6.71 Å². The molecule has 0 N–H and O–H groups in total. The summed E-state index contributed by atoms with van der Waals surface area (Å²) in [5, 5.41) is 0. The smallest absolute Gasteiger partial charge is 0.260 e. The summed E-state index contributed by atoms with van der Waals surface area (Å²) >= 11 is 0. The first kappa shape index (κ1) is 33.0. The summed E-state index contributed by atoms with van der Waals surface area (Å²) in [6.45, 7) is -0.0830. The van der Waals surface area contributed by atoms with E-state index < -0.39 is 0 Å². The molecule has 0 amide bonds. The predicted octanol–water partition coefficient (Wildman–Crippen LogP) is 12.4. The van der Waals surface area contributed by atoms with Crippen LogP contribution in [-0.2, 0) is 0 Å². The van der Waals surface area contributed by atoms with Gasteiger partial charge in [-0.3, -0.25) is 0 Å². The van der Waals surface area contributed by atoms with Gasteiger partial charge in [0.05, 0.1) is 0 Å². The summed E-state index contributed by atoms with van der Waals surface area (Å²) in [7, 11) is 0. The van der Waals surface area contributed by atoms with Crippen LogP contribution < -0.4 is 25.9 Å². The summed E-state index contributed by atoms with van der Waals surface area (Å²) in [6, 6.07) is 75.7. The van der Waals surface area contributed by atoms with Gasteiger partial charge in [-0.15, -0.1) is 0 Å². The van der Waals surface area contributed by atoms with Gasteiger partial charge in [0.25, 0.3) is 6.71 Å². The Morgan fingerprint density at radius 2 is 0.561 bits per heavy atom. The maximum atomic E-state index is 7.11. The quantitative estimate of drug-likeness (QED) is 0.159. The van der Waals surface area contributed by atoms with Crippen LogP contribution >= 0.6 is 0 Å². The molecule has 0 fully saturated rings. The van der Waals surface area contributed by atoms with Crippen LogP contribution in [0.3, 0.4) is 0 Å². The maximum absolute atomic E-state index is 7.11. The van der Waals surface area contributed by atoms with Crippen molar-refractivity contribution in [1.82, 2.24) is 0 Å². The second-order valence-electron chi connectivity index (χ2n) is 14.8. The van der Waals surface area contributed by atoms with E-state index in [9.17, 15) is 0 Å². The highest BCUT2D eigenvalue weighted by molar-refractivity contribution is 6.98. The number of fused-ring (bicyclic) bond motifs is 4. The third kappa shape index (κ3) is 5.84. The summed E-state index contributed by atoms with van der Waals surface area (Å²) in [5.41, 5.74) is 16.7. The molecule has 2 nitrogen and oxygen atoms in total. The first-order valence-electron chi connectivity index (χ1n) is 19.5. The number of benzene rings is 9. The minimum atomic E-state index is -0.0830. The monoisotopic (exact) mass is 726 g/mol. The average Bonchev–Trinajstić information content (AvgIpc) is 3.30. The fourth-order valence-electron chi connectivity index (χ4n) is 8.66. The lowest BCUT2D eigenvalue weighted by Gasteiger charge is -2.35. The average molecular weight is 727 g/mol. The molecule has 2 aliphatic rings. The summed E-state index contributed by atoms with van der Waals surface area (Å²) in [5.74, 6) is 3.40. The zero-order valence-corrected chi connectivity index (χ0v) is 31.1. The lowest BCUT2D eigenvalue weighted by molar-refractivity contribution is 0.467. The van der Waals surface area contributed by atoms with Crippen molar-refractivity contribution in [3.05, 3.63) is 212 Å². The van der Waals surface area contributed by atoms with Crippen LogP contribution in [0.5, 0.6) is 23.0 Å². The number of hydrogen-bond acceptors (Lipinski definition) is 2. The van der Waals surface area contributed by atoms with Crippen molar-refractivity contribution >= 4 is 23.1 Å². The van der Waals surface area contributed by atoms with E-state index in [0.717, 1.165) is 106 Å². The summed E-state index contributed by atoms with van der Waals surface area (Å²) in [6.07, 6.45) is 0. The van der Waals surface area contributed by atoms with Crippen molar-refractivity contribution in [2.24, 2.45) is 0 Å². The Bertz CT molecular complexity index is 2630. The van der Waals surface area contributed by atoms with Gasteiger partial charge in [0.15, 0.2) is 0 Å². The Labute approximate surface area is 333 Å². The first-order valence-corrected chi connectivity index (χ1v) is 19.5. The predicted molar refractivity (Wildman–Crippen MR) is 237 cm³/mol. The van der Waals surface area contributed by atoms with Crippen LogP contribution in [0.1, 0.15) is 0 Å². The Balaban J connectivity index is 1.24. The molecule has 0 radical (unpaired) electrons. The third-order valence-corrected chi connectivity index (χ3v) is 11.4. The number of para-hydroxylation sites is 2. The van der Waals surface area contributed by atoms with Crippen molar-refractivity contribution < 1.29 is 9.47 Å². The first-order chi connectivity index (χ1) is 28.2. The fourth-order valence-corrected chi connectivity index (χ4v) is 8.66. The highest BCUT2D eigenvalue weighted by Gasteiger charge is 2.42. The van der Waals surface area contributed by atoms with E-state index in [1.807, 2.05) is 0 Å². The van der Waals surface area contributed by atoms with Gasteiger partial charge < -0.3 is 9.47 Å². The van der Waals surface area contributed by atoms with E-state index >= 15 is 0 Å². The van der Waals surface area contributed by atoms with Gasteiger partial charge in [-0.1, -0.05) is 158 Å².